The molecule has 0 unspecified atom stereocenters. The zero-order chi connectivity index (χ0) is 14.8. The van der Waals surface area contributed by atoms with Crippen LogP contribution in [0.5, 0.6) is 5.75 Å². The molecule has 1 aromatic carbocycles. The second-order valence-electron chi connectivity index (χ2n) is 5.15. The minimum Gasteiger partial charge on any atom is -0.405 e. The maximum atomic E-state index is 12.4. The molecule has 0 aromatic heterocycles. The maximum absolute atomic E-state index is 12.4. The Balaban J connectivity index is 2.18. The van der Waals surface area contributed by atoms with E-state index >= 15 is 0 Å². The first kappa shape index (κ1) is 15.1. The summed E-state index contributed by atoms with van der Waals surface area (Å²) in [7, 11) is 0. The molecule has 1 aliphatic rings. The molecular weight excluding hydrogens is 271 g/mol. The number of para-hydroxylation sites is 1. The third kappa shape index (κ3) is 3.64. The molecule has 0 spiro atoms. The van der Waals surface area contributed by atoms with E-state index < -0.39 is 18.5 Å². The van der Waals surface area contributed by atoms with E-state index in [4.69, 9.17) is 5.73 Å². The number of rotatable bonds is 4. The smallest absolute Gasteiger partial charge is 0.405 e. The van der Waals surface area contributed by atoms with Gasteiger partial charge in [-0.1, -0.05) is 31.0 Å². The lowest BCUT2D eigenvalue weighted by molar-refractivity contribution is -0.275. The van der Waals surface area contributed by atoms with Crippen molar-refractivity contribution >= 4 is 0 Å². The largest absolute Gasteiger partial charge is 0.573 e. The normalized spacial score (nSPS) is 19.9. The second kappa shape index (κ2) is 6.01. The SMILES string of the molecule is N[C@H](c1ccccc1OC(F)(F)F)[C@@H](O)C1CCCC1. The molecule has 0 amide bonds. The molecule has 1 aromatic rings. The van der Waals surface area contributed by atoms with Crippen LogP contribution in [-0.2, 0) is 0 Å². The standard InChI is InChI=1S/C14H18F3NO2/c15-14(16,17)20-11-8-4-3-7-10(11)12(18)13(19)9-5-1-2-6-9/h3-4,7-9,12-13,19H,1-2,5-6,18H2/t12-,13+/m1/s1. The fourth-order valence-corrected chi connectivity index (χ4v) is 2.75. The molecule has 1 saturated carbocycles. The van der Waals surface area contributed by atoms with E-state index in [-0.39, 0.29) is 17.2 Å². The van der Waals surface area contributed by atoms with E-state index in [1.54, 1.807) is 6.07 Å². The van der Waals surface area contributed by atoms with Crippen molar-refractivity contribution in [2.45, 2.75) is 44.2 Å². The molecule has 3 N–H and O–H groups in total. The van der Waals surface area contributed by atoms with Crippen molar-refractivity contribution in [2.75, 3.05) is 0 Å². The van der Waals surface area contributed by atoms with Crippen LogP contribution in [0.25, 0.3) is 0 Å². The number of hydrogen-bond acceptors (Lipinski definition) is 3. The average Bonchev–Trinajstić information content (AvgIpc) is 2.89. The first-order valence-corrected chi connectivity index (χ1v) is 6.67. The highest BCUT2D eigenvalue weighted by Gasteiger charge is 2.35. The van der Waals surface area contributed by atoms with Gasteiger partial charge in [0.2, 0.25) is 0 Å². The van der Waals surface area contributed by atoms with Gasteiger partial charge in [-0.25, -0.2) is 0 Å². The van der Waals surface area contributed by atoms with E-state index in [0.717, 1.165) is 25.7 Å². The highest BCUT2D eigenvalue weighted by atomic mass is 19.4. The fourth-order valence-electron chi connectivity index (χ4n) is 2.75. The topological polar surface area (TPSA) is 55.5 Å². The second-order valence-corrected chi connectivity index (χ2v) is 5.15. The van der Waals surface area contributed by atoms with Crippen LogP contribution >= 0.6 is 0 Å². The number of aliphatic hydroxyl groups excluding tert-OH is 1. The van der Waals surface area contributed by atoms with Crippen molar-refractivity contribution in [3.8, 4) is 5.75 Å². The van der Waals surface area contributed by atoms with E-state index in [0.29, 0.717) is 0 Å². The van der Waals surface area contributed by atoms with Gasteiger partial charge in [0.05, 0.1) is 12.1 Å². The van der Waals surface area contributed by atoms with E-state index in [9.17, 15) is 18.3 Å². The predicted octanol–water partition coefficient (Wildman–Crippen LogP) is 3.14. The number of aliphatic hydroxyl groups is 1. The van der Waals surface area contributed by atoms with Crippen LogP contribution in [0.1, 0.15) is 37.3 Å². The van der Waals surface area contributed by atoms with Gasteiger partial charge < -0.3 is 15.6 Å². The molecule has 0 heterocycles. The Hall–Kier alpha value is -1.27. The summed E-state index contributed by atoms with van der Waals surface area (Å²) in [5.41, 5.74) is 6.13. The summed E-state index contributed by atoms with van der Waals surface area (Å²) in [5.74, 6) is -0.298. The Morgan fingerprint density at radius 3 is 2.40 bits per heavy atom. The quantitative estimate of drug-likeness (QED) is 0.895. The summed E-state index contributed by atoms with van der Waals surface area (Å²) in [6.07, 6.45) is -1.86. The van der Waals surface area contributed by atoms with Crippen molar-refractivity contribution in [3.05, 3.63) is 29.8 Å². The zero-order valence-corrected chi connectivity index (χ0v) is 10.9. The van der Waals surface area contributed by atoms with Crippen molar-refractivity contribution in [3.63, 3.8) is 0 Å². The highest BCUT2D eigenvalue weighted by molar-refractivity contribution is 5.36. The molecule has 2 rings (SSSR count). The van der Waals surface area contributed by atoms with Gasteiger partial charge in [0.25, 0.3) is 0 Å². The third-order valence-corrected chi connectivity index (χ3v) is 3.75. The zero-order valence-electron chi connectivity index (χ0n) is 10.9. The first-order chi connectivity index (χ1) is 9.38. The van der Waals surface area contributed by atoms with Crippen LogP contribution in [0, 0.1) is 5.92 Å². The summed E-state index contributed by atoms with van der Waals surface area (Å²) >= 11 is 0. The number of halogens is 3. The Morgan fingerprint density at radius 1 is 1.20 bits per heavy atom. The molecular formula is C14H18F3NO2. The maximum Gasteiger partial charge on any atom is 0.573 e. The Kier molecular flexibility index (Phi) is 4.55. The van der Waals surface area contributed by atoms with Crippen LogP contribution in [0.15, 0.2) is 24.3 Å². The van der Waals surface area contributed by atoms with Crippen molar-refractivity contribution in [1.82, 2.24) is 0 Å². The van der Waals surface area contributed by atoms with Crippen molar-refractivity contribution in [1.29, 1.82) is 0 Å². The summed E-state index contributed by atoms with van der Waals surface area (Å²) in [6, 6.07) is 4.82. The molecule has 2 atom stereocenters. The monoisotopic (exact) mass is 289 g/mol. The summed E-state index contributed by atoms with van der Waals surface area (Å²) in [5, 5.41) is 10.2. The molecule has 1 fully saturated rings. The van der Waals surface area contributed by atoms with Gasteiger partial charge in [0.1, 0.15) is 5.75 Å². The van der Waals surface area contributed by atoms with Crippen LogP contribution in [0.2, 0.25) is 0 Å². The molecule has 0 radical (unpaired) electrons. The Bertz CT molecular complexity index is 444. The molecule has 0 saturated heterocycles. The molecule has 0 aliphatic heterocycles. The number of alkyl halides is 3. The molecule has 0 bridgehead atoms. The molecule has 3 nitrogen and oxygen atoms in total. The molecule has 20 heavy (non-hydrogen) atoms. The summed E-state index contributed by atoms with van der Waals surface area (Å²) in [4.78, 5) is 0. The predicted molar refractivity (Wildman–Crippen MR) is 68.0 cm³/mol. The van der Waals surface area contributed by atoms with Gasteiger partial charge in [-0.05, 0) is 24.8 Å². The van der Waals surface area contributed by atoms with E-state index in [1.807, 2.05) is 0 Å². The lowest BCUT2D eigenvalue weighted by Gasteiger charge is -2.26. The third-order valence-electron chi connectivity index (χ3n) is 3.75. The Morgan fingerprint density at radius 2 is 1.80 bits per heavy atom. The summed E-state index contributed by atoms with van der Waals surface area (Å²) in [6.45, 7) is 0. The van der Waals surface area contributed by atoms with Gasteiger partial charge in [-0.15, -0.1) is 13.2 Å². The average molecular weight is 289 g/mol. The fraction of sp³-hybridized carbons (Fsp3) is 0.571. The van der Waals surface area contributed by atoms with Gasteiger partial charge in [0.15, 0.2) is 0 Å². The van der Waals surface area contributed by atoms with Crippen LogP contribution in [0.4, 0.5) is 13.2 Å². The molecule has 1 aliphatic carbocycles. The summed E-state index contributed by atoms with van der Waals surface area (Å²) < 4.78 is 41.1. The van der Waals surface area contributed by atoms with Crippen molar-refractivity contribution in [2.24, 2.45) is 11.7 Å². The van der Waals surface area contributed by atoms with Gasteiger partial charge in [0, 0.05) is 5.56 Å². The van der Waals surface area contributed by atoms with Gasteiger partial charge >= 0.3 is 6.36 Å². The Labute approximate surface area is 115 Å². The van der Waals surface area contributed by atoms with Crippen LogP contribution in [-0.4, -0.2) is 17.6 Å². The van der Waals surface area contributed by atoms with Crippen LogP contribution in [0.3, 0.4) is 0 Å². The number of benzene rings is 1. The van der Waals surface area contributed by atoms with E-state index in [1.165, 1.54) is 18.2 Å². The molecule has 6 heteroatoms. The lowest BCUT2D eigenvalue weighted by atomic mass is 9.90. The first-order valence-electron chi connectivity index (χ1n) is 6.67. The van der Waals surface area contributed by atoms with Crippen molar-refractivity contribution < 1.29 is 23.0 Å². The lowest BCUT2D eigenvalue weighted by Crippen LogP contribution is -2.32. The van der Waals surface area contributed by atoms with Gasteiger partial charge in [-0.3, -0.25) is 0 Å². The van der Waals surface area contributed by atoms with Crippen LogP contribution < -0.4 is 10.5 Å². The minimum atomic E-state index is -4.77. The van der Waals surface area contributed by atoms with E-state index in [2.05, 4.69) is 4.74 Å². The minimum absolute atomic E-state index is 0.0453. The molecule has 112 valence electrons. The number of nitrogens with two attached hydrogens (primary N) is 1. The van der Waals surface area contributed by atoms with Gasteiger partial charge in [-0.2, -0.15) is 0 Å². The number of hydrogen-bond donors (Lipinski definition) is 2. The highest BCUT2D eigenvalue weighted by Crippen LogP contribution is 2.36. The number of ether oxygens (including phenoxy) is 1.